The maximum atomic E-state index is 5.74. The fourth-order valence-corrected chi connectivity index (χ4v) is 1.63. The smallest absolute Gasteiger partial charge is 0.0817 e. The summed E-state index contributed by atoms with van der Waals surface area (Å²) < 4.78 is 5.74. The van der Waals surface area contributed by atoms with Crippen molar-refractivity contribution >= 4 is 0 Å². The van der Waals surface area contributed by atoms with Crippen molar-refractivity contribution in [2.75, 3.05) is 6.61 Å². The highest BCUT2D eigenvalue weighted by Gasteiger charge is 2.31. The molecule has 0 aliphatic heterocycles. The fraction of sp³-hybridized carbons (Fsp3) is 1.00. The van der Waals surface area contributed by atoms with Gasteiger partial charge in [-0.25, -0.2) is 0 Å². The Morgan fingerprint density at radius 3 is 2.31 bits per heavy atom. The van der Waals surface area contributed by atoms with Gasteiger partial charge in [0.15, 0.2) is 0 Å². The van der Waals surface area contributed by atoms with E-state index >= 15 is 0 Å². The lowest BCUT2D eigenvalue weighted by Crippen LogP contribution is -2.52. The van der Waals surface area contributed by atoms with Gasteiger partial charge in [0.25, 0.3) is 0 Å². The van der Waals surface area contributed by atoms with E-state index in [2.05, 4.69) is 26.2 Å². The molecule has 0 rings (SSSR count). The maximum absolute atomic E-state index is 5.74. The molecule has 13 heavy (non-hydrogen) atoms. The molecule has 0 bridgehead atoms. The van der Waals surface area contributed by atoms with Gasteiger partial charge in [-0.2, -0.15) is 0 Å². The molecule has 0 aromatic carbocycles. The maximum Gasteiger partial charge on any atom is 0.0817 e. The van der Waals surface area contributed by atoms with Gasteiger partial charge in [-0.15, -0.1) is 0 Å². The molecule has 0 saturated carbocycles. The second-order valence-electron chi connectivity index (χ2n) is 3.61. The van der Waals surface area contributed by atoms with Crippen LogP contribution in [-0.2, 0) is 4.74 Å². The second-order valence-corrected chi connectivity index (χ2v) is 3.61. The van der Waals surface area contributed by atoms with Crippen molar-refractivity contribution in [3.8, 4) is 0 Å². The van der Waals surface area contributed by atoms with E-state index in [1.54, 1.807) is 0 Å². The highest BCUT2D eigenvalue weighted by Crippen LogP contribution is 2.22. The summed E-state index contributed by atoms with van der Waals surface area (Å²) in [6.07, 6.45) is 3.16. The molecule has 0 spiro atoms. The third-order valence-electron chi connectivity index (χ3n) is 2.69. The van der Waals surface area contributed by atoms with E-state index in [9.17, 15) is 0 Å². The van der Waals surface area contributed by atoms with Crippen molar-refractivity contribution < 1.29 is 4.74 Å². The van der Waals surface area contributed by atoms with E-state index in [1.807, 2.05) is 6.92 Å². The summed E-state index contributed by atoms with van der Waals surface area (Å²) in [6, 6.07) is 0.252. The monoisotopic (exact) mass is 188 g/mol. The third-order valence-corrected chi connectivity index (χ3v) is 2.69. The van der Waals surface area contributed by atoms with Crippen molar-refractivity contribution in [3.05, 3.63) is 0 Å². The van der Waals surface area contributed by atoms with Gasteiger partial charge in [-0.3, -0.25) is 11.3 Å². The molecule has 80 valence electrons. The van der Waals surface area contributed by atoms with Gasteiger partial charge >= 0.3 is 0 Å². The van der Waals surface area contributed by atoms with Crippen LogP contribution in [-0.4, -0.2) is 18.2 Å². The van der Waals surface area contributed by atoms with Crippen molar-refractivity contribution in [1.82, 2.24) is 5.43 Å². The van der Waals surface area contributed by atoms with Crippen LogP contribution in [0.15, 0.2) is 0 Å². The zero-order chi connectivity index (χ0) is 10.3. The van der Waals surface area contributed by atoms with Crippen molar-refractivity contribution in [1.29, 1.82) is 0 Å². The second kappa shape index (κ2) is 6.35. The Bertz CT molecular complexity index is 130. The average molecular weight is 188 g/mol. The Morgan fingerprint density at radius 1 is 1.38 bits per heavy atom. The van der Waals surface area contributed by atoms with Crippen LogP contribution in [0.5, 0.6) is 0 Å². The number of rotatable bonds is 7. The molecule has 0 saturated heterocycles. The zero-order valence-corrected chi connectivity index (χ0v) is 9.39. The topological polar surface area (TPSA) is 47.3 Å². The standard InChI is InChI=1S/C10H24N2O/c1-5-8-9(12-11)10(4,6-2)13-7-3/h9,12H,5-8,11H2,1-4H3. The summed E-state index contributed by atoms with van der Waals surface area (Å²) in [7, 11) is 0. The molecule has 0 aromatic heterocycles. The molecule has 3 heteroatoms. The summed E-state index contributed by atoms with van der Waals surface area (Å²) >= 11 is 0. The van der Waals surface area contributed by atoms with Gasteiger partial charge < -0.3 is 4.74 Å². The minimum absolute atomic E-state index is 0.125. The SMILES string of the molecule is CCCC(NN)C(C)(CC)OCC. The minimum atomic E-state index is -0.125. The van der Waals surface area contributed by atoms with Crippen LogP contribution in [0.4, 0.5) is 0 Å². The van der Waals surface area contributed by atoms with Crippen LogP contribution in [0.1, 0.15) is 47.0 Å². The largest absolute Gasteiger partial charge is 0.374 e. The Morgan fingerprint density at radius 2 is 2.00 bits per heavy atom. The highest BCUT2D eigenvalue weighted by atomic mass is 16.5. The number of nitrogens with two attached hydrogens (primary N) is 1. The molecule has 0 amide bonds. The van der Waals surface area contributed by atoms with Crippen LogP contribution in [0, 0.1) is 0 Å². The zero-order valence-electron chi connectivity index (χ0n) is 9.39. The molecule has 0 aromatic rings. The summed E-state index contributed by atoms with van der Waals surface area (Å²) in [5.41, 5.74) is 2.73. The average Bonchev–Trinajstić information content (AvgIpc) is 2.14. The lowest BCUT2D eigenvalue weighted by molar-refractivity contribution is -0.0571. The first-order valence-corrected chi connectivity index (χ1v) is 5.24. The molecular weight excluding hydrogens is 164 g/mol. The van der Waals surface area contributed by atoms with Gasteiger partial charge in [0.1, 0.15) is 0 Å². The molecule has 0 aliphatic rings. The van der Waals surface area contributed by atoms with Crippen LogP contribution in [0.3, 0.4) is 0 Å². The van der Waals surface area contributed by atoms with Crippen molar-refractivity contribution in [2.24, 2.45) is 5.84 Å². The first-order chi connectivity index (χ1) is 6.14. The quantitative estimate of drug-likeness (QED) is 0.473. The molecule has 0 heterocycles. The van der Waals surface area contributed by atoms with E-state index in [1.165, 1.54) is 0 Å². The molecule has 2 atom stereocenters. The summed E-state index contributed by atoms with van der Waals surface area (Å²) in [5.74, 6) is 5.52. The molecule has 0 aliphatic carbocycles. The first kappa shape index (κ1) is 12.9. The van der Waals surface area contributed by atoms with Crippen molar-refractivity contribution in [3.63, 3.8) is 0 Å². The Kier molecular flexibility index (Phi) is 6.29. The number of hydrogen-bond donors (Lipinski definition) is 2. The molecule has 0 radical (unpaired) electrons. The molecule has 3 nitrogen and oxygen atoms in total. The number of ether oxygens (including phenoxy) is 1. The third kappa shape index (κ3) is 3.63. The summed E-state index contributed by atoms with van der Waals surface area (Å²) in [6.45, 7) is 9.18. The first-order valence-electron chi connectivity index (χ1n) is 5.24. The molecule has 2 unspecified atom stereocenters. The van der Waals surface area contributed by atoms with E-state index < -0.39 is 0 Å². The predicted molar refractivity (Wildman–Crippen MR) is 56.3 cm³/mol. The van der Waals surface area contributed by atoms with E-state index in [-0.39, 0.29) is 11.6 Å². The van der Waals surface area contributed by atoms with E-state index in [4.69, 9.17) is 10.6 Å². The Balaban J connectivity index is 4.29. The molecule has 0 fully saturated rings. The lowest BCUT2D eigenvalue weighted by Gasteiger charge is -2.36. The normalized spacial score (nSPS) is 18.2. The summed E-state index contributed by atoms with van der Waals surface area (Å²) in [5, 5.41) is 0. The predicted octanol–water partition coefficient (Wildman–Crippen LogP) is 1.82. The van der Waals surface area contributed by atoms with Crippen molar-refractivity contribution in [2.45, 2.75) is 58.6 Å². The Labute approximate surface area is 82.0 Å². The molecule has 3 N–H and O–H groups in total. The fourth-order valence-electron chi connectivity index (χ4n) is 1.63. The van der Waals surface area contributed by atoms with Gasteiger partial charge in [0, 0.05) is 12.6 Å². The van der Waals surface area contributed by atoms with Crippen LogP contribution in [0.25, 0.3) is 0 Å². The van der Waals surface area contributed by atoms with Crippen LogP contribution in [0.2, 0.25) is 0 Å². The summed E-state index contributed by atoms with van der Waals surface area (Å²) in [4.78, 5) is 0. The Hall–Kier alpha value is -0.120. The van der Waals surface area contributed by atoms with E-state index in [0.29, 0.717) is 0 Å². The van der Waals surface area contributed by atoms with Gasteiger partial charge in [0.05, 0.1) is 5.60 Å². The number of hydrogen-bond acceptors (Lipinski definition) is 3. The van der Waals surface area contributed by atoms with Gasteiger partial charge in [-0.05, 0) is 26.7 Å². The number of hydrazine groups is 1. The van der Waals surface area contributed by atoms with Crippen LogP contribution >= 0.6 is 0 Å². The minimum Gasteiger partial charge on any atom is -0.374 e. The van der Waals surface area contributed by atoms with E-state index in [0.717, 1.165) is 25.9 Å². The van der Waals surface area contributed by atoms with Gasteiger partial charge in [-0.1, -0.05) is 20.3 Å². The van der Waals surface area contributed by atoms with Gasteiger partial charge in [0.2, 0.25) is 0 Å². The molecular formula is C10H24N2O. The highest BCUT2D eigenvalue weighted by molar-refractivity contribution is 4.86. The lowest BCUT2D eigenvalue weighted by atomic mass is 9.90. The number of nitrogens with one attached hydrogen (secondary N) is 1. The van der Waals surface area contributed by atoms with Crippen LogP contribution < -0.4 is 11.3 Å².